The molecule has 102 valence electrons. The topological polar surface area (TPSA) is 79.7 Å². The van der Waals surface area contributed by atoms with Gasteiger partial charge in [-0.15, -0.1) is 0 Å². The normalized spacial score (nSPS) is 10.2. The van der Waals surface area contributed by atoms with Crippen LogP contribution in [-0.4, -0.2) is 28.4 Å². The minimum absolute atomic E-state index is 0.119. The summed E-state index contributed by atoms with van der Waals surface area (Å²) >= 11 is 3.26. The van der Waals surface area contributed by atoms with Crippen LogP contribution in [0.25, 0.3) is 0 Å². The maximum absolute atomic E-state index is 11.1. The van der Waals surface area contributed by atoms with Crippen molar-refractivity contribution in [2.75, 3.05) is 0 Å². The summed E-state index contributed by atoms with van der Waals surface area (Å²) in [5.41, 5.74) is 1.13. The fraction of sp³-hybridized carbons (Fsp3) is 0.0769. The molecule has 0 fully saturated rings. The summed E-state index contributed by atoms with van der Waals surface area (Å²) in [6, 6.07) is 8.25. The third kappa shape index (κ3) is 3.44. The van der Waals surface area contributed by atoms with Crippen LogP contribution in [0, 0.1) is 0 Å². The van der Waals surface area contributed by atoms with Crippen LogP contribution in [0.4, 0.5) is 0 Å². The van der Waals surface area contributed by atoms with E-state index >= 15 is 0 Å². The predicted octanol–water partition coefficient (Wildman–Crippen LogP) is 0.915. The number of aromatic nitrogens is 1. The molecular formula is C13H11BBrNO4. The van der Waals surface area contributed by atoms with Gasteiger partial charge in [-0.3, -0.25) is 4.79 Å². The highest BCUT2D eigenvalue weighted by Crippen LogP contribution is 2.17. The second-order valence-corrected chi connectivity index (χ2v) is 4.84. The van der Waals surface area contributed by atoms with E-state index in [1.54, 1.807) is 30.5 Å². The molecule has 0 bridgehead atoms. The molecule has 0 unspecified atom stereocenters. The van der Waals surface area contributed by atoms with Gasteiger partial charge in [-0.2, -0.15) is 0 Å². The average Bonchev–Trinajstić information content (AvgIpc) is 2.44. The largest absolute Gasteiger partial charge is 0.489 e. The van der Waals surface area contributed by atoms with Gasteiger partial charge >= 0.3 is 7.12 Å². The standard InChI is InChI=1S/C13H11BBrNO4/c15-13-6-9(4-5-16-13)8-20-12-3-1-2-11(14(18)19)10(12)7-17/h1-7,18-19H,8H2. The lowest BCUT2D eigenvalue weighted by atomic mass is 9.77. The van der Waals surface area contributed by atoms with Gasteiger partial charge in [0.1, 0.15) is 17.0 Å². The number of pyridine rings is 1. The number of nitrogens with zero attached hydrogens (tertiary/aromatic N) is 1. The van der Waals surface area contributed by atoms with Crippen molar-refractivity contribution in [2.45, 2.75) is 6.61 Å². The van der Waals surface area contributed by atoms with Gasteiger partial charge in [-0.25, -0.2) is 4.98 Å². The third-order valence-electron chi connectivity index (χ3n) is 2.68. The first-order valence-corrected chi connectivity index (χ1v) is 6.58. The van der Waals surface area contributed by atoms with E-state index in [-0.39, 0.29) is 17.6 Å². The maximum Gasteiger partial charge on any atom is 0.489 e. The molecule has 2 aromatic rings. The Balaban J connectivity index is 2.21. The van der Waals surface area contributed by atoms with E-state index in [2.05, 4.69) is 20.9 Å². The Morgan fingerprint density at radius 2 is 2.15 bits per heavy atom. The van der Waals surface area contributed by atoms with Crippen LogP contribution in [0.1, 0.15) is 15.9 Å². The monoisotopic (exact) mass is 335 g/mol. The molecule has 0 aliphatic heterocycles. The molecular weight excluding hydrogens is 325 g/mol. The molecule has 0 aliphatic rings. The molecule has 2 N–H and O–H groups in total. The Kier molecular flexibility index (Phi) is 4.89. The number of rotatable bonds is 5. The smallest absolute Gasteiger partial charge is 0.488 e. The van der Waals surface area contributed by atoms with Crippen molar-refractivity contribution in [1.82, 2.24) is 4.98 Å². The fourth-order valence-electron chi connectivity index (χ4n) is 1.73. The predicted molar refractivity (Wildman–Crippen MR) is 77.9 cm³/mol. The van der Waals surface area contributed by atoms with E-state index < -0.39 is 7.12 Å². The van der Waals surface area contributed by atoms with E-state index in [1.807, 2.05) is 0 Å². The van der Waals surface area contributed by atoms with Gasteiger partial charge in [0.2, 0.25) is 0 Å². The summed E-state index contributed by atoms with van der Waals surface area (Å²) in [6.45, 7) is 0.243. The lowest BCUT2D eigenvalue weighted by molar-refractivity contribution is 0.111. The first-order valence-electron chi connectivity index (χ1n) is 5.79. The van der Waals surface area contributed by atoms with Gasteiger partial charge in [0, 0.05) is 6.20 Å². The molecule has 0 spiro atoms. The minimum Gasteiger partial charge on any atom is -0.488 e. The zero-order valence-corrected chi connectivity index (χ0v) is 11.9. The number of ether oxygens (including phenoxy) is 1. The van der Waals surface area contributed by atoms with Crippen LogP contribution in [0.15, 0.2) is 41.1 Å². The Bertz CT molecular complexity index is 621. The van der Waals surface area contributed by atoms with Gasteiger partial charge in [0.05, 0.1) is 5.56 Å². The number of aldehydes is 1. The maximum atomic E-state index is 11.1. The molecule has 20 heavy (non-hydrogen) atoms. The molecule has 0 atom stereocenters. The minimum atomic E-state index is -1.71. The number of carbonyl (C=O) groups excluding carboxylic acids is 1. The van der Waals surface area contributed by atoms with E-state index in [0.29, 0.717) is 16.6 Å². The molecule has 0 saturated heterocycles. The number of hydrogen-bond donors (Lipinski definition) is 2. The molecule has 7 heteroatoms. The molecule has 0 aliphatic carbocycles. The number of halogens is 1. The summed E-state index contributed by atoms with van der Waals surface area (Å²) in [7, 11) is -1.71. The zero-order chi connectivity index (χ0) is 14.5. The highest BCUT2D eigenvalue weighted by Gasteiger charge is 2.18. The van der Waals surface area contributed by atoms with Crippen LogP contribution >= 0.6 is 15.9 Å². The van der Waals surface area contributed by atoms with E-state index in [1.165, 1.54) is 6.07 Å². The van der Waals surface area contributed by atoms with Crippen molar-refractivity contribution in [2.24, 2.45) is 0 Å². The van der Waals surface area contributed by atoms with Gasteiger partial charge in [0.15, 0.2) is 6.29 Å². The summed E-state index contributed by atoms with van der Waals surface area (Å²) in [5, 5.41) is 18.4. The number of carbonyl (C=O) groups is 1. The third-order valence-corrected chi connectivity index (χ3v) is 3.11. The van der Waals surface area contributed by atoms with Crippen molar-refractivity contribution in [3.8, 4) is 5.75 Å². The number of benzene rings is 1. The highest BCUT2D eigenvalue weighted by atomic mass is 79.9. The SMILES string of the molecule is O=Cc1c(OCc2ccnc(Br)c2)cccc1B(O)O. The Hall–Kier alpha value is -1.70. The molecule has 0 amide bonds. The Morgan fingerprint density at radius 1 is 1.35 bits per heavy atom. The first kappa shape index (κ1) is 14.7. The molecule has 1 aromatic carbocycles. The van der Waals surface area contributed by atoms with E-state index in [0.717, 1.165) is 5.56 Å². The lowest BCUT2D eigenvalue weighted by Crippen LogP contribution is -2.33. The molecule has 2 rings (SSSR count). The van der Waals surface area contributed by atoms with Gasteiger partial charge < -0.3 is 14.8 Å². The molecule has 1 aromatic heterocycles. The van der Waals surface area contributed by atoms with Crippen molar-refractivity contribution in [3.63, 3.8) is 0 Å². The van der Waals surface area contributed by atoms with Gasteiger partial charge in [-0.1, -0.05) is 12.1 Å². The second kappa shape index (κ2) is 6.65. The summed E-state index contributed by atoms with van der Waals surface area (Å²) < 4.78 is 6.25. The molecule has 0 radical (unpaired) electrons. The van der Waals surface area contributed by atoms with Gasteiger partial charge in [0.25, 0.3) is 0 Å². The summed E-state index contributed by atoms with van der Waals surface area (Å²) in [6.07, 6.45) is 2.18. The average molecular weight is 336 g/mol. The highest BCUT2D eigenvalue weighted by molar-refractivity contribution is 9.10. The second-order valence-electron chi connectivity index (χ2n) is 4.03. The first-order chi connectivity index (χ1) is 9.61. The van der Waals surface area contributed by atoms with Crippen LogP contribution < -0.4 is 10.2 Å². The van der Waals surface area contributed by atoms with Crippen molar-refractivity contribution < 1.29 is 19.6 Å². The summed E-state index contributed by atoms with van der Waals surface area (Å²) in [5.74, 6) is 0.304. The van der Waals surface area contributed by atoms with Crippen molar-refractivity contribution in [1.29, 1.82) is 0 Å². The van der Waals surface area contributed by atoms with Crippen molar-refractivity contribution >= 4 is 34.8 Å². The quantitative estimate of drug-likeness (QED) is 0.482. The van der Waals surface area contributed by atoms with E-state index in [4.69, 9.17) is 4.74 Å². The molecule has 1 heterocycles. The Morgan fingerprint density at radius 3 is 2.80 bits per heavy atom. The number of hydrogen-bond acceptors (Lipinski definition) is 5. The van der Waals surface area contributed by atoms with Crippen LogP contribution in [-0.2, 0) is 6.61 Å². The molecule has 0 saturated carbocycles. The van der Waals surface area contributed by atoms with Crippen LogP contribution in [0.2, 0.25) is 0 Å². The zero-order valence-electron chi connectivity index (χ0n) is 10.4. The van der Waals surface area contributed by atoms with Crippen molar-refractivity contribution in [3.05, 3.63) is 52.3 Å². The van der Waals surface area contributed by atoms with Crippen LogP contribution in [0.3, 0.4) is 0 Å². The lowest BCUT2D eigenvalue weighted by Gasteiger charge is -2.11. The fourth-order valence-corrected chi connectivity index (χ4v) is 2.14. The van der Waals surface area contributed by atoms with E-state index in [9.17, 15) is 14.8 Å². The molecule has 5 nitrogen and oxygen atoms in total. The van der Waals surface area contributed by atoms with Crippen LogP contribution in [0.5, 0.6) is 5.75 Å². The Labute approximate surface area is 124 Å². The summed E-state index contributed by atoms with van der Waals surface area (Å²) in [4.78, 5) is 15.1. The van der Waals surface area contributed by atoms with Gasteiger partial charge in [-0.05, 0) is 45.2 Å².